The van der Waals surface area contributed by atoms with Crippen molar-refractivity contribution < 1.29 is 23.8 Å². The third kappa shape index (κ3) is 5.21. The molecule has 0 unspecified atom stereocenters. The van der Waals surface area contributed by atoms with Crippen LogP contribution >= 0.6 is 11.6 Å². The summed E-state index contributed by atoms with van der Waals surface area (Å²) >= 11 is 5.92. The minimum atomic E-state index is -1.96. The first-order valence-electron chi connectivity index (χ1n) is 9.41. The Morgan fingerprint density at radius 3 is 2.82 bits per heavy atom. The number of esters is 1. The number of carbonyl (C=O) groups is 1. The number of anilines is 1. The average Bonchev–Trinajstić information content (AvgIpc) is 2.92. The fourth-order valence-corrected chi connectivity index (χ4v) is 3.37. The fraction of sp³-hybridized carbons (Fsp3) is 0.722. The van der Waals surface area contributed by atoms with Crippen LogP contribution in [0, 0.1) is 0 Å². The van der Waals surface area contributed by atoms with Crippen LogP contribution in [0.4, 0.5) is 10.2 Å². The van der Waals surface area contributed by atoms with Gasteiger partial charge in [-0.15, -0.1) is 11.6 Å². The molecule has 2 rings (SSSR count). The summed E-state index contributed by atoms with van der Waals surface area (Å²) in [4.78, 5) is 27.4. The van der Waals surface area contributed by atoms with Gasteiger partial charge in [0.25, 0.3) is 0 Å². The van der Waals surface area contributed by atoms with Crippen molar-refractivity contribution in [1.29, 1.82) is 0 Å². The summed E-state index contributed by atoms with van der Waals surface area (Å²) in [5.41, 5.74) is 2.94. The van der Waals surface area contributed by atoms with Crippen molar-refractivity contribution in [3.8, 4) is 0 Å². The van der Waals surface area contributed by atoms with Gasteiger partial charge in [0.05, 0.1) is 5.88 Å². The quantitative estimate of drug-likeness (QED) is 0.338. The number of nitrogen functional groups attached to an aromatic ring is 1. The molecule has 0 bridgehead atoms. The van der Waals surface area contributed by atoms with Gasteiger partial charge in [-0.05, 0) is 12.5 Å². The number of hydrogen-bond acceptors (Lipinski definition) is 7. The molecule has 0 radical (unpaired) electrons. The zero-order chi connectivity index (χ0) is 20.7. The number of nitrogens with two attached hydrogens (primary N) is 1. The van der Waals surface area contributed by atoms with E-state index in [0.717, 1.165) is 30.3 Å². The summed E-state index contributed by atoms with van der Waals surface area (Å²) in [6, 6.07) is 1.31. The molecule has 28 heavy (non-hydrogen) atoms. The Morgan fingerprint density at radius 1 is 1.46 bits per heavy atom. The van der Waals surface area contributed by atoms with E-state index >= 15 is 0 Å². The van der Waals surface area contributed by atoms with Crippen molar-refractivity contribution >= 4 is 23.4 Å². The standard InChI is InChI=1S/C18H27ClFN3O5/c1-2-3-4-5-6-7-13(24)27-11-18(10-19)15(25)14(20)16(28-18)23-9-8-12(21)22-17(23)26/h8-9,14-16,25H,2-7,10-11H2,1H3,(H2,21,22,26)/t14-,15+,16-,18-/m1/s1. The monoisotopic (exact) mass is 419 g/mol. The summed E-state index contributed by atoms with van der Waals surface area (Å²) in [5.74, 6) is -0.819. The van der Waals surface area contributed by atoms with Crippen molar-refractivity contribution in [2.75, 3.05) is 18.2 Å². The number of aromatic nitrogens is 2. The number of hydrogen-bond donors (Lipinski definition) is 2. The zero-order valence-corrected chi connectivity index (χ0v) is 16.6. The van der Waals surface area contributed by atoms with E-state index < -0.39 is 42.4 Å². The maximum absolute atomic E-state index is 14.7. The fourth-order valence-electron chi connectivity index (χ4n) is 3.07. The first kappa shape index (κ1) is 22.6. The average molecular weight is 420 g/mol. The van der Waals surface area contributed by atoms with Gasteiger partial charge in [-0.3, -0.25) is 9.36 Å². The molecule has 0 amide bonds. The second kappa shape index (κ2) is 10.2. The molecule has 3 N–H and O–H groups in total. The van der Waals surface area contributed by atoms with Gasteiger partial charge >= 0.3 is 11.7 Å². The van der Waals surface area contributed by atoms with Crippen molar-refractivity contribution in [2.45, 2.75) is 69.6 Å². The third-order valence-corrected chi connectivity index (χ3v) is 5.23. The zero-order valence-electron chi connectivity index (χ0n) is 15.9. The Hall–Kier alpha value is -1.71. The van der Waals surface area contributed by atoms with Crippen LogP contribution in [-0.4, -0.2) is 51.0 Å². The molecule has 158 valence electrons. The van der Waals surface area contributed by atoms with E-state index in [-0.39, 0.29) is 18.1 Å². The molecule has 0 aromatic carbocycles. The van der Waals surface area contributed by atoms with Gasteiger partial charge in [0.2, 0.25) is 0 Å². The molecule has 1 aromatic rings. The molecule has 8 nitrogen and oxygen atoms in total. The van der Waals surface area contributed by atoms with Crippen LogP contribution in [0.3, 0.4) is 0 Å². The van der Waals surface area contributed by atoms with Gasteiger partial charge in [0.15, 0.2) is 12.4 Å². The molecule has 0 aliphatic carbocycles. The molecule has 0 saturated carbocycles. The van der Waals surface area contributed by atoms with Crippen molar-refractivity contribution in [1.82, 2.24) is 9.55 Å². The maximum atomic E-state index is 14.7. The number of rotatable bonds is 10. The summed E-state index contributed by atoms with van der Waals surface area (Å²) in [5, 5.41) is 10.3. The topological polar surface area (TPSA) is 117 Å². The first-order valence-corrected chi connectivity index (χ1v) is 9.94. The van der Waals surface area contributed by atoms with Crippen molar-refractivity contribution in [3.05, 3.63) is 22.7 Å². The minimum Gasteiger partial charge on any atom is -0.462 e. The van der Waals surface area contributed by atoms with Crippen LogP contribution in [0.5, 0.6) is 0 Å². The number of aliphatic hydroxyl groups is 1. The SMILES string of the molecule is CCCCCCCC(=O)OC[C@@]1(CCl)O[C@@H](n2ccc(N)nc2=O)[C@H](F)[C@@H]1O. The molecule has 10 heteroatoms. The third-order valence-electron chi connectivity index (χ3n) is 4.78. The van der Waals surface area contributed by atoms with Gasteiger partial charge in [-0.1, -0.05) is 32.6 Å². The Kier molecular flexibility index (Phi) is 8.21. The number of nitrogens with zero attached hydrogens (tertiary/aromatic N) is 2. The van der Waals surface area contributed by atoms with Crippen LogP contribution in [-0.2, 0) is 14.3 Å². The number of ether oxygens (including phenoxy) is 2. The van der Waals surface area contributed by atoms with Crippen molar-refractivity contribution in [2.24, 2.45) is 0 Å². The lowest BCUT2D eigenvalue weighted by Crippen LogP contribution is -2.48. The second-order valence-electron chi connectivity index (χ2n) is 6.96. The summed E-state index contributed by atoms with van der Waals surface area (Å²) in [6.07, 6.45) is 1.23. The number of halogens is 2. The number of unbranched alkanes of at least 4 members (excludes halogenated alkanes) is 4. The highest BCUT2D eigenvalue weighted by molar-refractivity contribution is 6.18. The van der Waals surface area contributed by atoms with Crippen LogP contribution < -0.4 is 11.4 Å². The molecule has 4 atom stereocenters. The van der Waals surface area contributed by atoms with Crippen LogP contribution in [0.25, 0.3) is 0 Å². The lowest BCUT2D eigenvalue weighted by Gasteiger charge is -2.29. The highest BCUT2D eigenvalue weighted by Gasteiger charge is 2.56. The molecule has 1 aliphatic heterocycles. The van der Waals surface area contributed by atoms with E-state index in [2.05, 4.69) is 11.9 Å². The molecular formula is C18H27ClFN3O5. The molecule has 0 spiro atoms. The lowest BCUT2D eigenvalue weighted by molar-refractivity contribution is -0.162. The van der Waals surface area contributed by atoms with E-state index in [0.29, 0.717) is 6.42 Å². The normalized spacial score (nSPS) is 27.1. The van der Waals surface area contributed by atoms with Gasteiger partial charge in [-0.25, -0.2) is 9.18 Å². The van der Waals surface area contributed by atoms with E-state index in [1.165, 1.54) is 12.3 Å². The molecule has 1 saturated heterocycles. The predicted molar refractivity (Wildman–Crippen MR) is 102 cm³/mol. The second-order valence-corrected chi connectivity index (χ2v) is 7.23. The van der Waals surface area contributed by atoms with Gasteiger partial charge in [0, 0.05) is 12.6 Å². The molecule has 2 heterocycles. The van der Waals surface area contributed by atoms with E-state index in [1.54, 1.807) is 0 Å². The van der Waals surface area contributed by atoms with Crippen LogP contribution in [0.2, 0.25) is 0 Å². The van der Waals surface area contributed by atoms with Gasteiger partial charge in [-0.2, -0.15) is 4.98 Å². The predicted octanol–water partition coefficient (Wildman–Crippen LogP) is 1.93. The van der Waals surface area contributed by atoms with Crippen LogP contribution in [0.1, 0.15) is 51.7 Å². The summed E-state index contributed by atoms with van der Waals surface area (Å²) in [6.45, 7) is 1.69. The Labute approximate surface area is 167 Å². The molecule has 1 aliphatic rings. The Morgan fingerprint density at radius 2 is 2.18 bits per heavy atom. The van der Waals surface area contributed by atoms with E-state index in [1.807, 2.05) is 0 Å². The number of alkyl halides is 2. The van der Waals surface area contributed by atoms with E-state index in [4.69, 9.17) is 26.8 Å². The smallest absolute Gasteiger partial charge is 0.351 e. The first-order chi connectivity index (χ1) is 13.3. The largest absolute Gasteiger partial charge is 0.462 e. The van der Waals surface area contributed by atoms with E-state index in [9.17, 15) is 19.1 Å². The van der Waals surface area contributed by atoms with Crippen LogP contribution in [0.15, 0.2) is 17.1 Å². The highest BCUT2D eigenvalue weighted by atomic mass is 35.5. The highest BCUT2D eigenvalue weighted by Crippen LogP contribution is 2.39. The molecule has 1 fully saturated rings. The number of aliphatic hydroxyl groups excluding tert-OH is 1. The van der Waals surface area contributed by atoms with Gasteiger partial charge < -0.3 is 20.3 Å². The minimum absolute atomic E-state index is 0.0216. The Bertz CT molecular complexity index is 719. The summed E-state index contributed by atoms with van der Waals surface area (Å²) in [7, 11) is 0. The Balaban J connectivity index is 1.99. The molecular weight excluding hydrogens is 393 g/mol. The van der Waals surface area contributed by atoms with Gasteiger partial charge in [0.1, 0.15) is 24.1 Å². The van der Waals surface area contributed by atoms with Crippen molar-refractivity contribution in [3.63, 3.8) is 0 Å². The molecule has 1 aromatic heterocycles. The maximum Gasteiger partial charge on any atom is 0.351 e. The lowest BCUT2D eigenvalue weighted by atomic mass is 9.99. The number of carbonyl (C=O) groups excluding carboxylic acids is 1. The summed E-state index contributed by atoms with van der Waals surface area (Å²) < 4.78 is 26.3.